The Kier molecular flexibility index (Phi) is 8.51. The molecule has 0 spiro atoms. The lowest BCUT2D eigenvalue weighted by atomic mass is 10.2. The van der Waals surface area contributed by atoms with Crippen LogP contribution in [0.4, 0.5) is 11.4 Å². The molecule has 1 saturated heterocycles. The summed E-state index contributed by atoms with van der Waals surface area (Å²) < 4.78 is 10.7. The number of ether oxygens (including phenoxy) is 2. The third kappa shape index (κ3) is 6.38. The summed E-state index contributed by atoms with van der Waals surface area (Å²) in [5.74, 6) is 0.882. The number of rotatable bonds is 8. The lowest BCUT2D eigenvalue weighted by molar-refractivity contribution is -0.129. The average Bonchev–Trinajstić information content (AvgIpc) is 2.88. The summed E-state index contributed by atoms with van der Waals surface area (Å²) in [6.45, 7) is 2.68. The molecule has 3 aromatic rings. The number of nitrogens with zero attached hydrogens (tertiary/aromatic N) is 2. The van der Waals surface area contributed by atoms with Crippen molar-refractivity contribution in [1.29, 1.82) is 0 Å². The summed E-state index contributed by atoms with van der Waals surface area (Å²) in [5.41, 5.74) is 2.04. The summed E-state index contributed by atoms with van der Waals surface area (Å²) in [6.07, 6.45) is 0.0355. The van der Waals surface area contributed by atoms with E-state index in [1.165, 1.54) is 11.8 Å². The van der Waals surface area contributed by atoms with Gasteiger partial charge in [-0.1, -0.05) is 47.6 Å². The zero-order valence-corrected chi connectivity index (χ0v) is 21.5. The number of halogens is 1. The minimum atomic E-state index is -0.646. The molecule has 0 aromatic heterocycles. The van der Waals surface area contributed by atoms with Crippen molar-refractivity contribution < 1.29 is 19.1 Å². The zero-order valence-electron chi connectivity index (χ0n) is 19.9. The van der Waals surface area contributed by atoms with Gasteiger partial charge in [-0.05, 0) is 55.0 Å². The number of carbonyl (C=O) groups excluding carboxylic acids is 2. The highest BCUT2D eigenvalue weighted by Gasteiger charge is 2.36. The summed E-state index contributed by atoms with van der Waals surface area (Å²) in [7, 11) is 1.59. The van der Waals surface area contributed by atoms with E-state index in [4.69, 9.17) is 26.1 Å². The maximum absolute atomic E-state index is 13.3. The fourth-order valence-electron chi connectivity index (χ4n) is 3.61. The molecule has 1 fully saturated rings. The Bertz CT molecular complexity index is 1270. The van der Waals surface area contributed by atoms with Gasteiger partial charge in [-0.2, -0.15) is 0 Å². The highest BCUT2D eigenvalue weighted by Crippen LogP contribution is 2.32. The molecule has 186 valence electrons. The van der Waals surface area contributed by atoms with Gasteiger partial charge in [0.05, 0.1) is 25.9 Å². The zero-order chi connectivity index (χ0) is 25.5. The van der Waals surface area contributed by atoms with Crippen molar-refractivity contribution >= 4 is 51.7 Å². The number of hydrogen-bond acceptors (Lipinski definition) is 6. The molecule has 9 heteroatoms. The van der Waals surface area contributed by atoms with Gasteiger partial charge in [0.25, 0.3) is 0 Å². The van der Waals surface area contributed by atoms with Gasteiger partial charge >= 0.3 is 0 Å². The Morgan fingerprint density at radius 3 is 2.61 bits per heavy atom. The minimum absolute atomic E-state index is 0.0355. The lowest BCUT2D eigenvalue weighted by Crippen LogP contribution is -2.44. The second-order valence-electron chi connectivity index (χ2n) is 7.92. The molecule has 1 aliphatic heterocycles. The van der Waals surface area contributed by atoms with Crippen LogP contribution >= 0.6 is 23.4 Å². The second-order valence-corrected chi connectivity index (χ2v) is 9.50. The number of nitrogens with one attached hydrogen (secondary N) is 1. The molecule has 1 aliphatic rings. The molecule has 4 rings (SSSR count). The summed E-state index contributed by atoms with van der Waals surface area (Å²) in [4.78, 5) is 32.7. The molecular weight excluding hydrogens is 498 g/mol. The van der Waals surface area contributed by atoms with Crippen LogP contribution < -0.4 is 14.8 Å². The van der Waals surface area contributed by atoms with Gasteiger partial charge in [0.2, 0.25) is 11.8 Å². The van der Waals surface area contributed by atoms with Crippen molar-refractivity contribution in [3.63, 3.8) is 0 Å². The highest BCUT2D eigenvalue weighted by molar-refractivity contribution is 8.15. The standard InChI is InChI=1S/C27H26ClN3O4S/c1-3-35-22-9-6-8-20(15-22)29-26(33)24-16-25(32)31(17-18-7-4-5-10-23(18)28)27(36-24)30-19-11-13-21(34-2)14-12-19/h4-15,24H,3,16-17H2,1-2H3,(H,29,33)/t24-/m1/s1. The predicted octanol–water partition coefficient (Wildman–Crippen LogP) is 5.91. The second kappa shape index (κ2) is 12.0. The van der Waals surface area contributed by atoms with E-state index < -0.39 is 5.25 Å². The maximum Gasteiger partial charge on any atom is 0.238 e. The molecule has 1 N–H and O–H groups in total. The monoisotopic (exact) mass is 523 g/mol. The topological polar surface area (TPSA) is 80.2 Å². The van der Waals surface area contributed by atoms with Gasteiger partial charge < -0.3 is 14.8 Å². The van der Waals surface area contributed by atoms with E-state index in [1.54, 1.807) is 54.5 Å². The first-order valence-electron chi connectivity index (χ1n) is 11.4. The number of anilines is 1. The molecule has 2 amide bonds. The first-order valence-corrected chi connectivity index (χ1v) is 12.7. The third-order valence-corrected chi connectivity index (χ3v) is 6.98. The number of hydrogen-bond donors (Lipinski definition) is 1. The summed E-state index contributed by atoms with van der Waals surface area (Å²) in [6, 6.07) is 21.7. The van der Waals surface area contributed by atoms with Crippen LogP contribution in [0.3, 0.4) is 0 Å². The van der Waals surface area contributed by atoms with E-state index >= 15 is 0 Å². The molecule has 0 aliphatic carbocycles. The minimum Gasteiger partial charge on any atom is -0.497 e. The van der Waals surface area contributed by atoms with Gasteiger partial charge in [-0.25, -0.2) is 4.99 Å². The first-order chi connectivity index (χ1) is 17.5. The van der Waals surface area contributed by atoms with E-state index in [9.17, 15) is 9.59 Å². The van der Waals surface area contributed by atoms with Crippen LogP contribution in [0.2, 0.25) is 5.02 Å². The fourth-order valence-corrected chi connectivity index (χ4v) is 4.91. The van der Waals surface area contributed by atoms with Gasteiger partial charge in [0.15, 0.2) is 5.17 Å². The molecular formula is C27H26ClN3O4S. The van der Waals surface area contributed by atoms with Gasteiger partial charge in [0, 0.05) is 23.2 Å². The van der Waals surface area contributed by atoms with Crippen LogP contribution in [0.15, 0.2) is 77.8 Å². The maximum atomic E-state index is 13.3. The van der Waals surface area contributed by atoms with Crippen molar-refractivity contribution in [2.24, 2.45) is 4.99 Å². The molecule has 1 heterocycles. The molecule has 1 atom stereocenters. The quantitative estimate of drug-likeness (QED) is 0.397. The SMILES string of the molecule is CCOc1cccc(NC(=O)[C@H]2CC(=O)N(Cc3ccccc3Cl)C(=Nc3ccc(OC)cc3)S2)c1. The number of amidine groups is 1. The predicted molar refractivity (Wildman–Crippen MR) is 144 cm³/mol. The number of thioether (sulfide) groups is 1. The number of amides is 2. The average molecular weight is 524 g/mol. The number of benzene rings is 3. The van der Waals surface area contributed by atoms with Crippen molar-refractivity contribution in [2.45, 2.75) is 25.1 Å². The number of methoxy groups -OCH3 is 1. The Hall–Kier alpha value is -3.49. The fraction of sp³-hybridized carbons (Fsp3) is 0.222. The molecule has 3 aromatic carbocycles. The Morgan fingerprint density at radius 2 is 1.89 bits per heavy atom. The van der Waals surface area contributed by atoms with Crippen LogP contribution in [-0.2, 0) is 16.1 Å². The Balaban J connectivity index is 1.59. The molecule has 0 radical (unpaired) electrons. The highest BCUT2D eigenvalue weighted by atomic mass is 35.5. The van der Waals surface area contributed by atoms with Crippen LogP contribution in [0, 0.1) is 0 Å². The molecule has 36 heavy (non-hydrogen) atoms. The third-order valence-electron chi connectivity index (χ3n) is 5.43. The largest absolute Gasteiger partial charge is 0.497 e. The van der Waals surface area contributed by atoms with Crippen LogP contribution in [0.1, 0.15) is 18.9 Å². The van der Waals surface area contributed by atoms with E-state index in [0.717, 1.165) is 5.56 Å². The van der Waals surface area contributed by atoms with Crippen LogP contribution in [-0.4, -0.2) is 40.8 Å². The van der Waals surface area contributed by atoms with Crippen LogP contribution in [0.5, 0.6) is 11.5 Å². The van der Waals surface area contributed by atoms with E-state index in [0.29, 0.717) is 39.7 Å². The van der Waals surface area contributed by atoms with E-state index in [2.05, 4.69) is 5.32 Å². The van der Waals surface area contributed by atoms with Crippen molar-refractivity contribution in [1.82, 2.24) is 4.90 Å². The lowest BCUT2D eigenvalue weighted by Gasteiger charge is -2.32. The first kappa shape index (κ1) is 25.6. The summed E-state index contributed by atoms with van der Waals surface area (Å²) >= 11 is 7.62. The van der Waals surface area contributed by atoms with E-state index in [-0.39, 0.29) is 24.8 Å². The molecule has 0 bridgehead atoms. The molecule has 0 saturated carbocycles. The van der Waals surface area contributed by atoms with Crippen LogP contribution in [0.25, 0.3) is 0 Å². The smallest absolute Gasteiger partial charge is 0.238 e. The van der Waals surface area contributed by atoms with E-state index in [1.807, 2.05) is 37.3 Å². The Labute approximate surface area is 219 Å². The van der Waals surface area contributed by atoms with Gasteiger partial charge in [-0.3, -0.25) is 14.5 Å². The molecule has 0 unspecified atom stereocenters. The number of aliphatic imine (C=N–C) groups is 1. The van der Waals surface area contributed by atoms with Crippen molar-refractivity contribution in [3.05, 3.63) is 83.4 Å². The van der Waals surface area contributed by atoms with Crippen molar-refractivity contribution in [3.8, 4) is 11.5 Å². The Morgan fingerprint density at radius 1 is 1.11 bits per heavy atom. The molecule has 7 nitrogen and oxygen atoms in total. The summed E-state index contributed by atoms with van der Waals surface area (Å²) in [5, 5.41) is 3.25. The van der Waals surface area contributed by atoms with Gasteiger partial charge in [-0.15, -0.1) is 0 Å². The van der Waals surface area contributed by atoms with Gasteiger partial charge in [0.1, 0.15) is 16.7 Å². The normalized spacial score (nSPS) is 16.6. The van der Waals surface area contributed by atoms with Crippen molar-refractivity contribution in [2.75, 3.05) is 19.0 Å². The number of carbonyl (C=O) groups is 2.